The third-order valence-electron chi connectivity index (χ3n) is 7.42. The summed E-state index contributed by atoms with van der Waals surface area (Å²) in [6.07, 6.45) is -17.7. The number of fused-ring (bicyclic) bond motifs is 1. The molecule has 0 unspecified atom stereocenters. The maximum absolute atomic E-state index is 10.7. The van der Waals surface area contributed by atoms with Crippen LogP contribution in [0.4, 0.5) is 0 Å². The highest BCUT2D eigenvalue weighted by Gasteiger charge is 2.67. The number of ether oxygens (including phenoxy) is 5. The molecule has 16 nitrogen and oxygen atoms in total. The van der Waals surface area contributed by atoms with E-state index in [1.807, 2.05) is 0 Å². The molecule has 1 saturated carbocycles. The van der Waals surface area contributed by atoms with Gasteiger partial charge in [0.2, 0.25) is 0 Å². The van der Waals surface area contributed by atoms with Gasteiger partial charge in [-0.3, -0.25) is 0 Å². The maximum atomic E-state index is 10.7. The largest absolute Gasteiger partial charge is 0.395 e. The van der Waals surface area contributed by atoms with Crippen molar-refractivity contribution in [3.05, 3.63) is 0 Å². The molecule has 1 aliphatic carbocycles. The van der Waals surface area contributed by atoms with Crippen LogP contribution in [-0.2, 0) is 23.7 Å². The van der Waals surface area contributed by atoms with Crippen LogP contribution in [0.15, 0.2) is 0 Å². The Balaban J connectivity index is 1.62. The van der Waals surface area contributed by atoms with Crippen LogP contribution >= 0.6 is 0 Å². The van der Waals surface area contributed by atoms with Crippen LogP contribution in [0.5, 0.6) is 0 Å². The standard InChI is InChI=1S/C20H37N3O13/c1-23-7-2-5(21)9(26)15(10(7)27)33-19-17-16(11(28)8(4-25)32-19)35-20(36-17)18(31)13(30)12(29)14(34-20)6(22)3-24/h5-19,23-31H,2-4,21-22H2,1H3/t5-,6-,7+,8+,9-,10+,11-,12-,13-,14-,15+,16+,17-,18+,19+,20+/m1/s1. The van der Waals surface area contributed by atoms with Gasteiger partial charge in [0.1, 0.15) is 48.8 Å². The molecule has 13 N–H and O–H groups in total. The summed E-state index contributed by atoms with van der Waals surface area (Å²) >= 11 is 0. The molecule has 4 rings (SSSR count). The van der Waals surface area contributed by atoms with Crippen molar-refractivity contribution in [1.82, 2.24) is 5.32 Å². The minimum Gasteiger partial charge on any atom is -0.395 e. The Kier molecular flexibility index (Phi) is 8.55. The number of rotatable bonds is 6. The molecule has 210 valence electrons. The summed E-state index contributed by atoms with van der Waals surface area (Å²) in [4.78, 5) is 0. The molecular weight excluding hydrogens is 490 g/mol. The Hall–Kier alpha value is -0.640. The molecule has 0 radical (unpaired) electrons. The summed E-state index contributed by atoms with van der Waals surface area (Å²) in [6.45, 7) is -1.33. The summed E-state index contributed by atoms with van der Waals surface area (Å²) in [5.41, 5.74) is 11.8. The molecule has 16 heteroatoms. The van der Waals surface area contributed by atoms with Gasteiger partial charge in [-0.2, -0.15) is 0 Å². The Morgan fingerprint density at radius 1 is 0.944 bits per heavy atom. The predicted molar refractivity (Wildman–Crippen MR) is 115 cm³/mol. The highest BCUT2D eigenvalue weighted by atomic mass is 16.9. The van der Waals surface area contributed by atoms with Gasteiger partial charge in [0, 0.05) is 12.1 Å². The predicted octanol–water partition coefficient (Wildman–Crippen LogP) is -7.27. The quantitative estimate of drug-likeness (QED) is 0.153. The van der Waals surface area contributed by atoms with Gasteiger partial charge in [-0.1, -0.05) is 0 Å². The summed E-state index contributed by atoms with van der Waals surface area (Å²) in [5, 5.41) is 85.6. The first-order valence-electron chi connectivity index (χ1n) is 11.8. The zero-order valence-corrected chi connectivity index (χ0v) is 19.6. The first-order valence-corrected chi connectivity index (χ1v) is 11.8. The van der Waals surface area contributed by atoms with E-state index < -0.39 is 111 Å². The highest BCUT2D eigenvalue weighted by Crippen LogP contribution is 2.45. The second-order valence-electron chi connectivity index (χ2n) is 9.72. The molecule has 4 aliphatic rings. The van der Waals surface area contributed by atoms with Crippen molar-refractivity contribution in [3.63, 3.8) is 0 Å². The number of nitrogens with two attached hydrogens (primary N) is 2. The van der Waals surface area contributed by atoms with Gasteiger partial charge in [-0.15, -0.1) is 0 Å². The van der Waals surface area contributed by atoms with Crippen LogP contribution in [0.2, 0.25) is 0 Å². The lowest BCUT2D eigenvalue weighted by Gasteiger charge is -2.46. The van der Waals surface area contributed by atoms with Crippen LogP contribution in [0.1, 0.15) is 6.42 Å². The Morgan fingerprint density at radius 3 is 2.22 bits per heavy atom. The van der Waals surface area contributed by atoms with Gasteiger partial charge < -0.3 is 81.3 Å². The number of aliphatic hydroxyl groups is 8. The van der Waals surface area contributed by atoms with E-state index in [1.165, 1.54) is 0 Å². The van der Waals surface area contributed by atoms with Crippen molar-refractivity contribution in [2.45, 2.75) is 104 Å². The lowest BCUT2D eigenvalue weighted by molar-refractivity contribution is -0.439. The van der Waals surface area contributed by atoms with Gasteiger partial charge in [-0.25, -0.2) is 0 Å². The third kappa shape index (κ3) is 4.68. The average molecular weight is 528 g/mol. The van der Waals surface area contributed by atoms with E-state index in [1.54, 1.807) is 7.05 Å². The van der Waals surface area contributed by atoms with E-state index in [2.05, 4.69) is 5.32 Å². The van der Waals surface area contributed by atoms with E-state index in [-0.39, 0.29) is 6.42 Å². The fourth-order valence-corrected chi connectivity index (χ4v) is 5.23. The Bertz CT molecular complexity index is 756. The molecule has 36 heavy (non-hydrogen) atoms. The summed E-state index contributed by atoms with van der Waals surface area (Å²) in [7, 11) is 1.60. The van der Waals surface area contributed by atoms with E-state index in [9.17, 15) is 40.9 Å². The van der Waals surface area contributed by atoms with Crippen molar-refractivity contribution in [1.29, 1.82) is 0 Å². The molecule has 0 aromatic carbocycles. The minimum atomic E-state index is -2.48. The van der Waals surface area contributed by atoms with Crippen LogP contribution in [-0.4, -0.2) is 159 Å². The van der Waals surface area contributed by atoms with Crippen LogP contribution < -0.4 is 16.8 Å². The van der Waals surface area contributed by atoms with Crippen molar-refractivity contribution >= 4 is 0 Å². The Morgan fingerprint density at radius 2 is 1.61 bits per heavy atom. The molecular formula is C20H37N3O13. The molecule has 0 amide bonds. The lowest BCUT2D eigenvalue weighted by atomic mass is 9.84. The number of likely N-dealkylation sites (N-methyl/N-ethyl adjacent to an activating group) is 1. The minimum absolute atomic E-state index is 0.254. The lowest BCUT2D eigenvalue weighted by Crippen LogP contribution is -2.69. The van der Waals surface area contributed by atoms with E-state index in [0.717, 1.165) is 0 Å². The summed E-state index contributed by atoms with van der Waals surface area (Å²) in [6, 6.07) is -2.50. The smallest absolute Gasteiger partial charge is 0.314 e. The number of hydrogen-bond acceptors (Lipinski definition) is 16. The van der Waals surface area contributed by atoms with Crippen LogP contribution in [0.25, 0.3) is 0 Å². The normalized spacial score (nSPS) is 54.4. The van der Waals surface area contributed by atoms with Gasteiger partial charge in [-0.05, 0) is 13.5 Å². The van der Waals surface area contributed by atoms with Crippen molar-refractivity contribution < 1.29 is 64.5 Å². The molecule has 3 heterocycles. The first-order chi connectivity index (χ1) is 17.0. The maximum Gasteiger partial charge on any atom is 0.314 e. The van der Waals surface area contributed by atoms with E-state index in [0.29, 0.717) is 0 Å². The zero-order valence-electron chi connectivity index (χ0n) is 19.6. The summed E-state index contributed by atoms with van der Waals surface area (Å²) in [5.74, 6) is -2.48. The Labute approximate surface area is 206 Å². The number of aliphatic hydroxyl groups excluding tert-OH is 8. The fraction of sp³-hybridized carbons (Fsp3) is 1.00. The van der Waals surface area contributed by atoms with Crippen molar-refractivity contribution in [2.75, 3.05) is 20.3 Å². The molecule has 0 bridgehead atoms. The van der Waals surface area contributed by atoms with Crippen molar-refractivity contribution in [3.8, 4) is 0 Å². The zero-order chi connectivity index (χ0) is 26.5. The van der Waals surface area contributed by atoms with E-state index >= 15 is 0 Å². The molecule has 0 aromatic rings. The molecule has 3 saturated heterocycles. The third-order valence-corrected chi connectivity index (χ3v) is 7.42. The average Bonchev–Trinajstić information content (AvgIpc) is 3.27. The van der Waals surface area contributed by atoms with E-state index in [4.69, 9.17) is 35.2 Å². The molecule has 0 aromatic heterocycles. The molecule has 3 aliphatic heterocycles. The highest BCUT2D eigenvalue weighted by molar-refractivity contribution is 5.05. The van der Waals surface area contributed by atoms with Crippen molar-refractivity contribution in [2.24, 2.45) is 11.5 Å². The molecule has 1 spiro atoms. The summed E-state index contributed by atoms with van der Waals surface area (Å²) < 4.78 is 28.7. The molecule has 16 atom stereocenters. The number of nitrogens with one attached hydrogen (secondary N) is 1. The van der Waals surface area contributed by atoms with Gasteiger partial charge in [0.05, 0.1) is 31.5 Å². The SMILES string of the molecule is CN[C@H]1C[C@@H](N)[C@@H](O)[C@H](O[C@@H]2O[C@@H](CO)[C@@H](O)[C@@H]3O[C@@]4(O[C@@H]23)O[C@H]([C@H](N)CO)[C@H](O)[C@@H](O)[C@@H]4O)[C@H]1O. The monoisotopic (exact) mass is 527 g/mol. The topological polar surface area (TPSA) is 272 Å². The molecule has 4 fully saturated rings. The second kappa shape index (κ2) is 10.9. The van der Waals surface area contributed by atoms with Gasteiger partial charge in [0.15, 0.2) is 12.4 Å². The first kappa shape index (κ1) is 28.4. The van der Waals surface area contributed by atoms with Gasteiger partial charge >= 0.3 is 5.97 Å². The van der Waals surface area contributed by atoms with Gasteiger partial charge in [0.25, 0.3) is 0 Å². The number of hydrogen-bond donors (Lipinski definition) is 11. The van der Waals surface area contributed by atoms with Crippen LogP contribution in [0, 0.1) is 0 Å². The fourth-order valence-electron chi connectivity index (χ4n) is 5.23. The second-order valence-corrected chi connectivity index (χ2v) is 9.72. The van der Waals surface area contributed by atoms with Crippen LogP contribution in [0.3, 0.4) is 0 Å².